The number of esters is 1. The molecule has 0 aromatic heterocycles. The minimum Gasteiger partial charge on any atom is -0.478 e. The summed E-state index contributed by atoms with van der Waals surface area (Å²) in [5.74, 6) is -4.58. The van der Waals surface area contributed by atoms with E-state index in [4.69, 9.17) is 20.3 Å². The molecule has 0 aliphatic rings. The number of aromatic carboxylic acids is 1. The number of carbonyl (C=O) groups excluding carboxylic acids is 2. The van der Waals surface area contributed by atoms with E-state index in [-0.39, 0.29) is 18.8 Å². The highest BCUT2D eigenvalue weighted by atomic mass is 19.1. The highest BCUT2D eigenvalue weighted by Crippen LogP contribution is 2.19. The zero-order chi connectivity index (χ0) is 16.7. The highest BCUT2D eigenvalue weighted by molar-refractivity contribution is 6.06. The molecule has 0 unspecified atom stereocenters. The fourth-order valence-corrected chi connectivity index (χ4v) is 1.82. The lowest BCUT2D eigenvalue weighted by Gasteiger charge is -2.11. The van der Waals surface area contributed by atoms with Gasteiger partial charge >= 0.3 is 11.9 Å². The van der Waals surface area contributed by atoms with Gasteiger partial charge in [0.05, 0.1) is 18.6 Å². The first-order valence-electron chi connectivity index (χ1n) is 6.46. The smallest absolute Gasteiger partial charge is 0.339 e. The molecule has 3 N–H and O–H groups in total. The minimum absolute atomic E-state index is 0.00675. The van der Waals surface area contributed by atoms with Crippen molar-refractivity contribution in [3.05, 3.63) is 34.6 Å². The number of hydrogen-bond acceptors (Lipinski definition) is 5. The fourth-order valence-electron chi connectivity index (χ4n) is 1.82. The summed E-state index contributed by atoms with van der Waals surface area (Å²) in [6, 6.07) is 1.99. The Kier molecular flexibility index (Phi) is 6.46. The Morgan fingerprint density at radius 2 is 1.91 bits per heavy atom. The van der Waals surface area contributed by atoms with Gasteiger partial charge < -0.3 is 20.3 Å². The van der Waals surface area contributed by atoms with E-state index in [2.05, 4.69) is 0 Å². The number of rotatable bonds is 8. The summed E-state index contributed by atoms with van der Waals surface area (Å²) in [4.78, 5) is 34.1. The normalized spacial score (nSPS) is 10.3. The van der Waals surface area contributed by atoms with Crippen LogP contribution < -0.4 is 5.73 Å². The average Bonchev–Trinajstić information content (AvgIpc) is 2.44. The maximum Gasteiger partial charge on any atom is 0.339 e. The summed E-state index contributed by atoms with van der Waals surface area (Å²) in [5, 5.41) is 8.97. The summed E-state index contributed by atoms with van der Waals surface area (Å²) in [6.07, 6.45) is -0.398. The van der Waals surface area contributed by atoms with E-state index in [0.29, 0.717) is 6.61 Å². The molecular weight excluding hydrogens is 297 g/mol. The van der Waals surface area contributed by atoms with Crippen molar-refractivity contribution in [1.29, 1.82) is 0 Å². The second-order valence-corrected chi connectivity index (χ2v) is 4.22. The third-order valence-corrected chi connectivity index (χ3v) is 2.73. The van der Waals surface area contributed by atoms with Gasteiger partial charge in [0.15, 0.2) is 0 Å². The molecule has 0 saturated heterocycles. The van der Waals surface area contributed by atoms with Crippen LogP contribution in [-0.4, -0.2) is 42.8 Å². The van der Waals surface area contributed by atoms with Crippen LogP contribution in [0.1, 0.15) is 33.2 Å². The third-order valence-electron chi connectivity index (χ3n) is 2.73. The van der Waals surface area contributed by atoms with E-state index in [1.54, 1.807) is 6.92 Å². The lowest BCUT2D eigenvalue weighted by Crippen LogP contribution is -2.22. The Morgan fingerprint density at radius 3 is 2.45 bits per heavy atom. The first-order valence-corrected chi connectivity index (χ1v) is 6.46. The standard InChI is InChI=1S/C14H16FNO6/c1-2-21-5-6-22-10(17)7-8-3-4-9(15)12(14(19)20)11(8)13(16)18/h3-4H,2,5-7H2,1H3,(H2,16,18)(H,19,20). The lowest BCUT2D eigenvalue weighted by atomic mass is 9.97. The van der Waals surface area contributed by atoms with Crippen molar-refractivity contribution >= 4 is 17.8 Å². The topological polar surface area (TPSA) is 116 Å². The molecular formula is C14H16FNO6. The number of nitrogens with two attached hydrogens (primary N) is 1. The molecule has 8 heteroatoms. The van der Waals surface area contributed by atoms with Crippen molar-refractivity contribution in [3.63, 3.8) is 0 Å². The number of carbonyl (C=O) groups is 3. The van der Waals surface area contributed by atoms with Crippen molar-refractivity contribution in [3.8, 4) is 0 Å². The first kappa shape index (κ1) is 17.6. The highest BCUT2D eigenvalue weighted by Gasteiger charge is 2.24. The Hall–Kier alpha value is -2.48. The Bertz CT molecular complexity index is 587. The number of carboxylic acids is 1. The molecule has 1 rings (SSSR count). The summed E-state index contributed by atoms with van der Waals surface area (Å²) in [6.45, 7) is 2.50. The SMILES string of the molecule is CCOCCOC(=O)Cc1ccc(F)c(C(=O)O)c1C(N)=O. The van der Waals surface area contributed by atoms with Gasteiger partial charge in [-0.3, -0.25) is 9.59 Å². The van der Waals surface area contributed by atoms with Crippen molar-refractivity contribution < 1.29 is 33.4 Å². The summed E-state index contributed by atoms with van der Waals surface area (Å²) >= 11 is 0. The Balaban J connectivity index is 2.95. The minimum atomic E-state index is -1.64. The molecule has 1 aromatic carbocycles. The molecule has 0 saturated carbocycles. The molecule has 1 amide bonds. The largest absolute Gasteiger partial charge is 0.478 e. The van der Waals surface area contributed by atoms with Gasteiger partial charge in [-0.15, -0.1) is 0 Å². The molecule has 0 heterocycles. The first-order chi connectivity index (χ1) is 10.4. The van der Waals surface area contributed by atoms with Gasteiger partial charge in [-0.25, -0.2) is 9.18 Å². The molecule has 0 atom stereocenters. The van der Waals surface area contributed by atoms with E-state index in [9.17, 15) is 18.8 Å². The molecule has 0 aliphatic carbocycles. The summed E-state index contributed by atoms with van der Waals surface area (Å²) in [5.41, 5.74) is 3.70. The van der Waals surface area contributed by atoms with Gasteiger partial charge in [0.25, 0.3) is 0 Å². The van der Waals surface area contributed by atoms with Crippen LogP contribution in [0.2, 0.25) is 0 Å². The van der Waals surface area contributed by atoms with Crippen LogP contribution in [0.3, 0.4) is 0 Å². The van der Waals surface area contributed by atoms with E-state index in [0.717, 1.165) is 12.1 Å². The van der Waals surface area contributed by atoms with Crippen LogP contribution in [0, 0.1) is 5.82 Å². The molecule has 0 fully saturated rings. The van der Waals surface area contributed by atoms with Gasteiger partial charge in [-0.1, -0.05) is 6.07 Å². The number of primary amides is 1. The maximum atomic E-state index is 13.5. The van der Waals surface area contributed by atoms with Crippen LogP contribution in [0.5, 0.6) is 0 Å². The Morgan fingerprint density at radius 1 is 1.23 bits per heavy atom. The summed E-state index contributed by atoms with van der Waals surface area (Å²) in [7, 11) is 0. The number of benzene rings is 1. The average molecular weight is 313 g/mol. The van der Waals surface area contributed by atoms with E-state index >= 15 is 0 Å². The van der Waals surface area contributed by atoms with Gasteiger partial charge in [-0.05, 0) is 18.6 Å². The third kappa shape index (κ3) is 4.52. The molecule has 120 valence electrons. The van der Waals surface area contributed by atoms with Crippen LogP contribution in [0.25, 0.3) is 0 Å². The van der Waals surface area contributed by atoms with Crippen LogP contribution >= 0.6 is 0 Å². The second kappa shape index (κ2) is 8.08. The van der Waals surface area contributed by atoms with Gasteiger partial charge in [0.2, 0.25) is 5.91 Å². The van der Waals surface area contributed by atoms with E-state index in [1.807, 2.05) is 0 Å². The zero-order valence-corrected chi connectivity index (χ0v) is 11.9. The number of amides is 1. The van der Waals surface area contributed by atoms with Crippen molar-refractivity contribution in [2.75, 3.05) is 19.8 Å². The van der Waals surface area contributed by atoms with Crippen LogP contribution in [0.15, 0.2) is 12.1 Å². The molecule has 0 radical (unpaired) electrons. The fraction of sp³-hybridized carbons (Fsp3) is 0.357. The van der Waals surface area contributed by atoms with Crippen LogP contribution in [0.4, 0.5) is 4.39 Å². The number of hydrogen-bond donors (Lipinski definition) is 2. The van der Waals surface area contributed by atoms with Gasteiger partial charge in [0, 0.05) is 6.61 Å². The predicted octanol–water partition coefficient (Wildman–Crippen LogP) is 0.745. The predicted molar refractivity (Wildman–Crippen MR) is 73.0 cm³/mol. The molecule has 0 bridgehead atoms. The molecule has 7 nitrogen and oxygen atoms in total. The molecule has 22 heavy (non-hydrogen) atoms. The zero-order valence-electron chi connectivity index (χ0n) is 11.9. The van der Waals surface area contributed by atoms with Crippen LogP contribution in [-0.2, 0) is 20.7 Å². The van der Waals surface area contributed by atoms with E-state index in [1.165, 1.54) is 0 Å². The number of ether oxygens (including phenoxy) is 2. The molecule has 1 aromatic rings. The van der Waals surface area contributed by atoms with Gasteiger partial charge in [-0.2, -0.15) is 0 Å². The van der Waals surface area contributed by atoms with Gasteiger partial charge in [0.1, 0.15) is 18.0 Å². The molecule has 0 spiro atoms. The molecule has 0 aliphatic heterocycles. The number of halogens is 1. The Labute approximate surface area is 125 Å². The lowest BCUT2D eigenvalue weighted by molar-refractivity contribution is -0.144. The monoisotopic (exact) mass is 313 g/mol. The van der Waals surface area contributed by atoms with Crippen molar-refractivity contribution in [2.24, 2.45) is 5.73 Å². The number of carboxylic acid groups (broad SMARTS) is 1. The second-order valence-electron chi connectivity index (χ2n) is 4.22. The van der Waals surface area contributed by atoms with Crippen molar-refractivity contribution in [1.82, 2.24) is 0 Å². The maximum absolute atomic E-state index is 13.5. The quantitative estimate of drug-likeness (QED) is 0.540. The van der Waals surface area contributed by atoms with E-state index < -0.39 is 41.2 Å². The van der Waals surface area contributed by atoms with Crippen molar-refractivity contribution in [2.45, 2.75) is 13.3 Å². The summed E-state index contributed by atoms with van der Waals surface area (Å²) < 4.78 is 23.4.